The molecule has 0 amide bonds. The van der Waals surface area contributed by atoms with Crippen LogP contribution >= 0.6 is 35.3 Å². The van der Waals surface area contributed by atoms with E-state index in [4.69, 9.17) is 0 Å². The number of halogens is 1. The molecule has 0 radical (unpaired) electrons. The highest BCUT2D eigenvalue weighted by Crippen LogP contribution is 2.20. The Morgan fingerprint density at radius 1 is 1.03 bits per heavy atom. The Morgan fingerprint density at radius 2 is 1.84 bits per heavy atom. The third kappa shape index (κ3) is 7.44. The average molecular weight is 554 g/mol. The third-order valence-electron chi connectivity index (χ3n) is 6.37. The fourth-order valence-corrected chi connectivity index (χ4v) is 5.29. The Bertz CT molecular complexity index is 775. The van der Waals surface area contributed by atoms with Gasteiger partial charge in [0, 0.05) is 51.9 Å². The number of thiophene rings is 1. The molecule has 31 heavy (non-hydrogen) atoms. The molecule has 7 heteroatoms. The molecule has 2 aromatic rings. The molecular formula is C24H36IN5S. The summed E-state index contributed by atoms with van der Waals surface area (Å²) in [6, 6.07) is 14.2. The van der Waals surface area contributed by atoms with Crippen LogP contribution in [-0.4, -0.2) is 61.1 Å². The van der Waals surface area contributed by atoms with Crippen LogP contribution in [0.1, 0.15) is 36.8 Å². The lowest BCUT2D eigenvalue weighted by Gasteiger charge is -2.33. The normalized spacial score (nSPS) is 21.1. The Morgan fingerprint density at radius 3 is 2.55 bits per heavy atom. The summed E-state index contributed by atoms with van der Waals surface area (Å²) in [5.41, 5.74) is 2.85. The van der Waals surface area contributed by atoms with Crippen LogP contribution in [0.25, 0.3) is 0 Å². The number of guanidine groups is 1. The molecule has 0 aliphatic carbocycles. The van der Waals surface area contributed by atoms with E-state index in [1.54, 1.807) is 11.3 Å². The lowest BCUT2D eigenvalue weighted by atomic mass is 10.0. The molecule has 2 aliphatic heterocycles. The number of likely N-dealkylation sites (tertiary alicyclic amines) is 2. The van der Waals surface area contributed by atoms with Gasteiger partial charge < -0.3 is 10.6 Å². The van der Waals surface area contributed by atoms with E-state index < -0.39 is 0 Å². The number of nitrogens with one attached hydrogen (secondary N) is 2. The van der Waals surface area contributed by atoms with E-state index in [1.807, 2.05) is 7.05 Å². The molecule has 0 spiro atoms. The van der Waals surface area contributed by atoms with E-state index in [1.165, 1.54) is 43.4 Å². The van der Waals surface area contributed by atoms with Gasteiger partial charge in [-0.25, -0.2) is 0 Å². The molecule has 1 atom stereocenters. The van der Waals surface area contributed by atoms with Crippen molar-refractivity contribution in [2.75, 3.05) is 33.2 Å². The van der Waals surface area contributed by atoms with Gasteiger partial charge in [0.1, 0.15) is 0 Å². The molecule has 2 N–H and O–H groups in total. The van der Waals surface area contributed by atoms with Gasteiger partial charge in [0.05, 0.1) is 0 Å². The van der Waals surface area contributed by atoms with Crippen LogP contribution in [0.15, 0.2) is 52.2 Å². The highest BCUT2D eigenvalue weighted by molar-refractivity contribution is 14.0. The van der Waals surface area contributed by atoms with Crippen molar-refractivity contribution in [2.24, 2.45) is 4.99 Å². The maximum absolute atomic E-state index is 4.50. The first kappa shape index (κ1) is 24.5. The molecule has 170 valence electrons. The minimum absolute atomic E-state index is 0. The summed E-state index contributed by atoms with van der Waals surface area (Å²) >= 11 is 1.79. The highest BCUT2D eigenvalue weighted by Gasteiger charge is 2.25. The van der Waals surface area contributed by atoms with Crippen molar-refractivity contribution in [3.63, 3.8) is 0 Å². The lowest BCUT2D eigenvalue weighted by Crippen LogP contribution is -2.50. The van der Waals surface area contributed by atoms with Gasteiger partial charge in [-0.2, -0.15) is 11.3 Å². The van der Waals surface area contributed by atoms with Gasteiger partial charge in [-0.3, -0.25) is 14.8 Å². The van der Waals surface area contributed by atoms with Gasteiger partial charge in [-0.05, 0) is 60.2 Å². The van der Waals surface area contributed by atoms with E-state index >= 15 is 0 Å². The van der Waals surface area contributed by atoms with Crippen LogP contribution in [0.2, 0.25) is 0 Å². The number of hydrogen-bond donors (Lipinski definition) is 2. The molecule has 1 aromatic carbocycles. The third-order valence-corrected chi connectivity index (χ3v) is 7.10. The van der Waals surface area contributed by atoms with Crippen molar-refractivity contribution in [3.8, 4) is 0 Å². The molecule has 0 bridgehead atoms. The molecule has 1 unspecified atom stereocenters. The molecular weight excluding hydrogens is 517 g/mol. The maximum Gasteiger partial charge on any atom is 0.191 e. The Hall–Kier alpha value is -1.16. The van der Waals surface area contributed by atoms with Crippen LogP contribution in [0.5, 0.6) is 0 Å². The smallest absolute Gasteiger partial charge is 0.191 e. The monoisotopic (exact) mass is 553 g/mol. The summed E-state index contributed by atoms with van der Waals surface area (Å²) in [5.74, 6) is 0.956. The van der Waals surface area contributed by atoms with Crippen molar-refractivity contribution in [1.82, 2.24) is 20.4 Å². The molecule has 3 heterocycles. The van der Waals surface area contributed by atoms with Crippen LogP contribution in [-0.2, 0) is 13.1 Å². The average Bonchev–Trinajstić information content (AvgIpc) is 3.45. The summed E-state index contributed by atoms with van der Waals surface area (Å²) in [6.07, 6.45) is 4.90. The standard InChI is InChI=1S/C24H35N5S.HI/c1-25-24(27-22-9-13-28(14-10-22)17-21-11-15-30-19-21)26-16-23-8-5-12-29(23)18-20-6-3-2-4-7-20;/h2-4,6-7,11,15,19,22-23H,5,8-10,12-14,16-18H2,1H3,(H2,25,26,27);1H. The number of nitrogens with zero attached hydrogens (tertiary/aromatic N) is 3. The van der Waals surface area contributed by atoms with Crippen LogP contribution in [0, 0.1) is 0 Å². The molecule has 2 fully saturated rings. The maximum atomic E-state index is 4.50. The van der Waals surface area contributed by atoms with Gasteiger partial charge >= 0.3 is 0 Å². The van der Waals surface area contributed by atoms with Crippen LogP contribution in [0.3, 0.4) is 0 Å². The summed E-state index contributed by atoms with van der Waals surface area (Å²) in [6.45, 7) is 6.58. The van der Waals surface area contributed by atoms with Crippen molar-refractivity contribution >= 4 is 41.3 Å². The molecule has 4 rings (SSSR count). The molecule has 2 saturated heterocycles. The number of benzene rings is 1. The molecule has 2 aliphatic rings. The van der Waals surface area contributed by atoms with Gasteiger partial charge in [0.2, 0.25) is 0 Å². The topological polar surface area (TPSA) is 42.9 Å². The van der Waals surface area contributed by atoms with E-state index in [2.05, 4.69) is 72.6 Å². The molecule has 1 aromatic heterocycles. The second-order valence-corrected chi connectivity index (χ2v) is 9.31. The fourth-order valence-electron chi connectivity index (χ4n) is 4.63. The number of hydrogen-bond acceptors (Lipinski definition) is 4. The van der Waals surface area contributed by atoms with Crippen LogP contribution in [0.4, 0.5) is 0 Å². The summed E-state index contributed by atoms with van der Waals surface area (Å²) in [7, 11) is 1.89. The lowest BCUT2D eigenvalue weighted by molar-refractivity contribution is 0.198. The van der Waals surface area contributed by atoms with E-state index in [0.29, 0.717) is 12.1 Å². The van der Waals surface area contributed by atoms with Crippen LogP contribution < -0.4 is 10.6 Å². The Balaban J connectivity index is 0.00000272. The first-order valence-corrected chi connectivity index (χ1v) is 12.2. The summed E-state index contributed by atoms with van der Waals surface area (Å²) in [5, 5.41) is 11.7. The van der Waals surface area contributed by atoms with E-state index in [9.17, 15) is 0 Å². The number of piperidine rings is 1. The number of aliphatic imine (C=N–C) groups is 1. The second-order valence-electron chi connectivity index (χ2n) is 8.53. The zero-order valence-corrected chi connectivity index (χ0v) is 21.6. The van der Waals surface area contributed by atoms with Crippen molar-refractivity contribution in [2.45, 2.75) is 50.9 Å². The van der Waals surface area contributed by atoms with Crippen molar-refractivity contribution in [1.29, 1.82) is 0 Å². The van der Waals surface area contributed by atoms with E-state index in [-0.39, 0.29) is 24.0 Å². The van der Waals surface area contributed by atoms with E-state index in [0.717, 1.165) is 38.7 Å². The van der Waals surface area contributed by atoms with Gasteiger partial charge in [-0.1, -0.05) is 30.3 Å². The minimum atomic E-state index is 0. The minimum Gasteiger partial charge on any atom is -0.355 e. The Labute approximate surface area is 208 Å². The molecule has 0 saturated carbocycles. The second kappa shape index (κ2) is 12.8. The van der Waals surface area contributed by atoms with Crippen molar-refractivity contribution < 1.29 is 0 Å². The fraction of sp³-hybridized carbons (Fsp3) is 0.542. The first-order chi connectivity index (χ1) is 14.8. The van der Waals surface area contributed by atoms with Gasteiger partial charge in [0.15, 0.2) is 5.96 Å². The zero-order valence-electron chi connectivity index (χ0n) is 18.5. The largest absolute Gasteiger partial charge is 0.355 e. The Kier molecular flexibility index (Phi) is 10.1. The summed E-state index contributed by atoms with van der Waals surface area (Å²) in [4.78, 5) is 9.67. The van der Waals surface area contributed by atoms with Gasteiger partial charge in [0.25, 0.3) is 0 Å². The highest BCUT2D eigenvalue weighted by atomic mass is 127. The van der Waals surface area contributed by atoms with Crippen molar-refractivity contribution in [3.05, 3.63) is 58.3 Å². The van der Waals surface area contributed by atoms with Gasteiger partial charge in [-0.15, -0.1) is 24.0 Å². The SMILES string of the molecule is CN=C(NCC1CCCN1Cc1ccccc1)NC1CCN(Cc2ccsc2)CC1.I. The predicted molar refractivity (Wildman–Crippen MR) is 142 cm³/mol. The molecule has 5 nitrogen and oxygen atoms in total. The summed E-state index contributed by atoms with van der Waals surface area (Å²) < 4.78 is 0. The zero-order chi connectivity index (χ0) is 20.6. The number of rotatable bonds is 7. The first-order valence-electron chi connectivity index (χ1n) is 11.3. The predicted octanol–water partition coefficient (Wildman–Crippen LogP) is 4.16. The quantitative estimate of drug-likeness (QED) is 0.307.